The number of guanidine groups is 1. The van der Waals surface area contributed by atoms with Crippen LogP contribution in [0, 0.1) is 5.41 Å². The van der Waals surface area contributed by atoms with Crippen LogP contribution in [0.4, 0.5) is 0 Å². The number of carboxylic acid groups (broad SMARTS) is 1. The molecular weight excluding hydrogens is 172 g/mol. The lowest BCUT2D eigenvalue weighted by Gasteiger charge is -2.04. The zero-order valence-corrected chi connectivity index (χ0v) is 7.47. The SMILES string of the molecule is N=C(N)NCCCNCCC(=O)O. The summed E-state index contributed by atoms with van der Waals surface area (Å²) < 4.78 is 0. The summed E-state index contributed by atoms with van der Waals surface area (Å²) in [4.78, 5) is 10.1. The normalized spacial score (nSPS) is 9.54. The maximum absolute atomic E-state index is 10.1. The lowest BCUT2D eigenvalue weighted by Crippen LogP contribution is -2.32. The van der Waals surface area contributed by atoms with E-state index in [4.69, 9.17) is 16.2 Å². The van der Waals surface area contributed by atoms with Crippen LogP contribution in [-0.2, 0) is 4.79 Å². The van der Waals surface area contributed by atoms with Gasteiger partial charge in [0.05, 0.1) is 6.42 Å². The highest BCUT2D eigenvalue weighted by Crippen LogP contribution is 1.77. The van der Waals surface area contributed by atoms with E-state index in [9.17, 15) is 4.79 Å². The number of aliphatic carboxylic acids is 1. The fourth-order valence-corrected chi connectivity index (χ4v) is 0.757. The average molecular weight is 188 g/mol. The first-order chi connectivity index (χ1) is 6.13. The molecule has 0 saturated carbocycles. The van der Waals surface area contributed by atoms with Gasteiger partial charge in [-0.05, 0) is 13.0 Å². The number of rotatable bonds is 7. The summed E-state index contributed by atoms with van der Waals surface area (Å²) in [6.45, 7) is 1.85. The third-order valence-electron chi connectivity index (χ3n) is 1.36. The predicted molar refractivity (Wildman–Crippen MR) is 49.7 cm³/mol. The molecule has 6 heteroatoms. The smallest absolute Gasteiger partial charge is 0.304 e. The molecule has 0 heterocycles. The topological polar surface area (TPSA) is 111 Å². The Morgan fingerprint density at radius 3 is 2.62 bits per heavy atom. The van der Waals surface area contributed by atoms with Crippen LogP contribution in [0.15, 0.2) is 0 Å². The van der Waals surface area contributed by atoms with Crippen molar-refractivity contribution in [2.45, 2.75) is 12.8 Å². The van der Waals surface area contributed by atoms with Gasteiger partial charge in [0.1, 0.15) is 0 Å². The molecule has 0 unspecified atom stereocenters. The summed E-state index contributed by atoms with van der Waals surface area (Å²) in [5.74, 6) is -0.833. The van der Waals surface area contributed by atoms with Crippen LogP contribution < -0.4 is 16.4 Å². The first kappa shape index (κ1) is 11.7. The van der Waals surface area contributed by atoms with E-state index >= 15 is 0 Å². The zero-order chi connectivity index (χ0) is 10.1. The molecule has 6 N–H and O–H groups in total. The second kappa shape index (κ2) is 7.35. The Bertz CT molecular complexity index is 154. The Labute approximate surface area is 77.0 Å². The Kier molecular flexibility index (Phi) is 6.62. The van der Waals surface area contributed by atoms with Gasteiger partial charge < -0.3 is 21.5 Å². The Morgan fingerprint density at radius 2 is 2.08 bits per heavy atom. The quantitative estimate of drug-likeness (QED) is 0.198. The maximum atomic E-state index is 10.1. The van der Waals surface area contributed by atoms with Crippen molar-refractivity contribution in [3.05, 3.63) is 0 Å². The van der Waals surface area contributed by atoms with Gasteiger partial charge in [-0.2, -0.15) is 0 Å². The van der Waals surface area contributed by atoms with Gasteiger partial charge in [-0.1, -0.05) is 0 Å². The van der Waals surface area contributed by atoms with Gasteiger partial charge in [0, 0.05) is 13.1 Å². The molecule has 6 nitrogen and oxygen atoms in total. The molecule has 0 fully saturated rings. The molecule has 0 bridgehead atoms. The number of nitrogens with one attached hydrogen (secondary N) is 3. The number of hydrogen-bond donors (Lipinski definition) is 5. The van der Waals surface area contributed by atoms with Crippen LogP contribution in [0.25, 0.3) is 0 Å². The number of hydrogen-bond acceptors (Lipinski definition) is 3. The summed E-state index contributed by atoms with van der Waals surface area (Å²) in [6.07, 6.45) is 0.958. The molecule has 0 spiro atoms. The van der Waals surface area contributed by atoms with E-state index in [1.54, 1.807) is 0 Å². The minimum absolute atomic E-state index is 0.0365. The predicted octanol–water partition coefficient (Wildman–Crippen LogP) is -1.08. The largest absolute Gasteiger partial charge is 0.481 e. The van der Waals surface area contributed by atoms with Gasteiger partial charge in [-0.3, -0.25) is 10.2 Å². The summed E-state index contributed by atoms with van der Waals surface area (Å²) in [7, 11) is 0. The Morgan fingerprint density at radius 1 is 1.38 bits per heavy atom. The first-order valence-corrected chi connectivity index (χ1v) is 4.13. The summed E-state index contributed by atoms with van der Waals surface area (Å²) >= 11 is 0. The van der Waals surface area contributed by atoms with Crippen molar-refractivity contribution in [3.63, 3.8) is 0 Å². The van der Waals surface area contributed by atoms with Crippen LogP contribution in [-0.4, -0.2) is 36.7 Å². The summed E-state index contributed by atoms with van der Waals surface area (Å²) in [6, 6.07) is 0. The van der Waals surface area contributed by atoms with Crippen molar-refractivity contribution in [1.82, 2.24) is 10.6 Å². The molecule has 0 amide bonds. The minimum atomic E-state index is -0.797. The standard InChI is InChI=1S/C7H16N4O2/c8-7(9)11-4-1-3-10-5-2-6(12)13/h10H,1-5H2,(H,12,13)(H4,8,9,11). The van der Waals surface area contributed by atoms with Crippen LogP contribution >= 0.6 is 0 Å². The van der Waals surface area contributed by atoms with Gasteiger partial charge in [-0.25, -0.2) is 0 Å². The summed E-state index contributed by atoms with van der Waals surface area (Å²) in [5, 5.41) is 20.7. The van der Waals surface area contributed by atoms with E-state index in [1.165, 1.54) is 0 Å². The van der Waals surface area contributed by atoms with E-state index in [2.05, 4.69) is 10.6 Å². The third kappa shape index (κ3) is 10.7. The molecular formula is C7H16N4O2. The van der Waals surface area contributed by atoms with Crippen molar-refractivity contribution >= 4 is 11.9 Å². The minimum Gasteiger partial charge on any atom is -0.481 e. The molecule has 0 aromatic heterocycles. The van der Waals surface area contributed by atoms with Crippen molar-refractivity contribution in [2.75, 3.05) is 19.6 Å². The zero-order valence-electron chi connectivity index (χ0n) is 7.47. The molecule has 0 aliphatic rings. The monoisotopic (exact) mass is 188 g/mol. The van der Waals surface area contributed by atoms with Crippen molar-refractivity contribution in [3.8, 4) is 0 Å². The number of carbonyl (C=O) groups is 1. The first-order valence-electron chi connectivity index (χ1n) is 4.13. The average Bonchev–Trinajstić information content (AvgIpc) is 2.01. The van der Waals surface area contributed by atoms with Crippen LogP contribution in [0.2, 0.25) is 0 Å². The Balaban J connectivity index is 3.00. The van der Waals surface area contributed by atoms with Crippen molar-refractivity contribution < 1.29 is 9.90 Å². The highest BCUT2D eigenvalue weighted by molar-refractivity contribution is 5.74. The van der Waals surface area contributed by atoms with Gasteiger partial charge >= 0.3 is 5.97 Å². The maximum Gasteiger partial charge on any atom is 0.304 e. The highest BCUT2D eigenvalue weighted by Gasteiger charge is 1.94. The van der Waals surface area contributed by atoms with E-state index in [0.717, 1.165) is 13.0 Å². The van der Waals surface area contributed by atoms with Crippen LogP contribution in [0.3, 0.4) is 0 Å². The van der Waals surface area contributed by atoms with E-state index in [-0.39, 0.29) is 12.4 Å². The van der Waals surface area contributed by atoms with E-state index in [1.807, 2.05) is 0 Å². The van der Waals surface area contributed by atoms with Crippen molar-refractivity contribution in [1.29, 1.82) is 5.41 Å². The fourth-order valence-electron chi connectivity index (χ4n) is 0.757. The molecule has 0 radical (unpaired) electrons. The van der Waals surface area contributed by atoms with E-state index in [0.29, 0.717) is 13.1 Å². The summed E-state index contributed by atoms with van der Waals surface area (Å²) in [5.41, 5.74) is 5.05. The van der Waals surface area contributed by atoms with Crippen LogP contribution in [0.5, 0.6) is 0 Å². The molecule has 0 aromatic rings. The molecule has 0 saturated heterocycles. The third-order valence-corrected chi connectivity index (χ3v) is 1.36. The van der Waals surface area contributed by atoms with Crippen LogP contribution in [0.1, 0.15) is 12.8 Å². The van der Waals surface area contributed by atoms with E-state index < -0.39 is 5.97 Å². The molecule has 0 atom stereocenters. The number of nitrogens with two attached hydrogens (primary N) is 1. The lowest BCUT2D eigenvalue weighted by molar-refractivity contribution is -0.136. The molecule has 0 aliphatic heterocycles. The lowest BCUT2D eigenvalue weighted by atomic mass is 10.4. The fraction of sp³-hybridized carbons (Fsp3) is 0.714. The van der Waals surface area contributed by atoms with Gasteiger partial charge in [0.15, 0.2) is 5.96 Å². The van der Waals surface area contributed by atoms with Gasteiger partial charge in [0.25, 0.3) is 0 Å². The van der Waals surface area contributed by atoms with Gasteiger partial charge in [-0.15, -0.1) is 0 Å². The number of carboxylic acids is 1. The highest BCUT2D eigenvalue weighted by atomic mass is 16.4. The van der Waals surface area contributed by atoms with Crippen molar-refractivity contribution in [2.24, 2.45) is 5.73 Å². The molecule has 0 rings (SSSR count). The molecule has 76 valence electrons. The molecule has 0 aliphatic carbocycles. The molecule has 13 heavy (non-hydrogen) atoms. The second-order valence-corrected chi connectivity index (χ2v) is 2.59. The van der Waals surface area contributed by atoms with Gasteiger partial charge in [0.2, 0.25) is 0 Å². The second-order valence-electron chi connectivity index (χ2n) is 2.59. The Hall–Kier alpha value is -1.30. The molecule has 0 aromatic carbocycles.